The molecule has 0 saturated carbocycles. The third-order valence-electron chi connectivity index (χ3n) is 3.24. The Kier molecular flexibility index (Phi) is 4.64. The van der Waals surface area contributed by atoms with Crippen LogP contribution in [0.25, 0.3) is 0 Å². The molecule has 1 N–H and O–H groups in total. The second kappa shape index (κ2) is 6.44. The summed E-state index contributed by atoms with van der Waals surface area (Å²) in [4.78, 5) is 0. The number of aliphatic hydroxyl groups is 1. The molecule has 2 rings (SSSR count). The molecule has 2 atom stereocenters. The standard InChI is InChI=1S/C17H20O3/c1-12(18)16-10-9-15(19-3)11-17(16)20-13(2)14-7-5-4-6-8-14/h4-13,18H,1-3H3. The van der Waals surface area contributed by atoms with Gasteiger partial charge in [-0.1, -0.05) is 30.3 Å². The minimum atomic E-state index is -0.584. The predicted octanol–water partition coefficient (Wildman–Crippen LogP) is 3.89. The van der Waals surface area contributed by atoms with Crippen LogP contribution in [0.3, 0.4) is 0 Å². The maximum Gasteiger partial charge on any atom is 0.129 e. The van der Waals surface area contributed by atoms with Crippen LogP contribution in [0.1, 0.15) is 37.2 Å². The maximum absolute atomic E-state index is 9.83. The number of rotatable bonds is 5. The van der Waals surface area contributed by atoms with E-state index in [9.17, 15) is 5.11 Å². The normalized spacial score (nSPS) is 13.6. The minimum Gasteiger partial charge on any atom is -0.497 e. The van der Waals surface area contributed by atoms with E-state index in [1.807, 2.05) is 55.5 Å². The van der Waals surface area contributed by atoms with Gasteiger partial charge in [0, 0.05) is 11.6 Å². The molecule has 0 bridgehead atoms. The first-order chi connectivity index (χ1) is 9.61. The summed E-state index contributed by atoms with van der Waals surface area (Å²) in [7, 11) is 1.61. The Bertz CT molecular complexity index is 549. The fraction of sp³-hybridized carbons (Fsp3) is 0.294. The number of methoxy groups -OCH3 is 1. The molecule has 0 fully saturated rings. The van der Waals surface area contributed by atoms with Crippen molar-refractivity contribution >= 4 is 0 Å². The molecule has 0 aliphatic heterocycles. The summed E-state index contributed by atoms with van der Waals surface area (Å²) < 4.78 is 11.2. The molecule has 0 spiro atoms. The van der Waals surface area contributed by atoms with Crippen LogP contribution in [0.2, 0.25) is 0 Å². The smallest absolute Gasteiger partial charge is 0.129 e. The van der Waals surface area contributed by atoms with Crippen LogP contribution in [0.15, 0.2) is 48.5 Å². The Morgan fingerprint density at radius 1 is 1.00 bits per heavy atom. The topological polar surface area (TPSA) is 38.7 Å². The quantitative estimate of drug-likeness (QED) is 0.897. The van der Waals surface area contributed by atoms with Crippen molar-refractivity contribution in [2.75, 3.05) is 7.11 Å². The highest BCUT2D eigenvalue weighted by Gasteiger charge is 2.14. The summed E-state index contributed by atoms with van der Waals surface area (Å²) >= 11 is 0. The van der Waals surface area contributed by atoms with Crippen molar-refractivity contribution in [3.63, 3.8) is 0 Å². The summed E-state index contributed by atoms with van der Waals surface area (Å²) in [5, 5.41) is 9.83. The third kappa shape index (κ3) is 3.31. The molecule has 0 radical (unpaired) electrons. The van der Waals surface area contributed by atoms with Gasteiger partial charge in [-0.05, 0) is 31.5 Å². The van der Waals surface area contributed by atoms with Crippen molar-refractivity contribution in [3.8, 4) is 11.5 Å². The van der Waals surface area contributed by atoms with Gasteiger partial charge in [0.25, 0.3) is 0 Å². The molecule has 0 aromatic heterocycles. The number of ether oxygens (including phenoxy) is 2. The zero-order valence-electron chi connectivity index (χ0n) is 12.0. The van der Waals surface area contributed by atoms with Crippen molar-refractivity contribution < 1.29 is 14.6 Å². The first kappa shape index (κ1) is 14.4. The number of hydrogen-bond acceptors (Lipinski definition) is 3. The van der Waals surface area contributed by atoms with Gasteiger partial charge in [-0.2, -0.15) is 0 Å². The summed E-state index contributed by atoms with van der Waals surface area (Å²) in [5.41, 5.74) is 1.85. The number of benzene rings is 2. The van der Waals surface area contributed by atoms with E-state index in [4.69, 9.17) is 9.47 Å². The van der Waals surface area contributed by atoms with E-state index < -0.39 is 6.10 Å². The van der Waals surface area contributed by atoms with Crippen LogP contribution >= 0.6 is 0 Å². The van der Waals surface area contributed by atoms with Gasteiger partial charge in [0.15, 0.2) is 0 Å². The lowest BCUT2D eigenvalue weighted by molar-refractivity contribution is 0.178. The lowest BCUT2D eigenvalue weighted by Crippen LogP contribution is -2.06. The van der Waals surface area contributed by atoms with E-state index in [-0.39, 0.29) is 6.10 Å². The Morgan fingerprint density at radius 2 is 1.70 bits per heavy atom. The second-order valence-electron chi connectivity index (χ2n) is 4.75. The van der Waals surface area contributed by atoms with E-state index >= 15 is 0 Å². The summed E-state index contributed by atoms with van der Waals surface area (Å²) in [6, 6.07) is 15.4. The van der Waals surface area contributed by atoms with E-state index in [0.717, 1.165) is 11.1 Å². The van der Waals surface area contributed by atoms with Crippen LogP contribution in [0.5, 0.6) is 11.5 Å². The second-order valence-corrected chi connectivity index (χ2v) is 4.75. The van der Waals surface area contributed by atoms with Gasteiger partial charge in [-0.15, -0.1) is 0 Å². The minimum absolute atomic E-state index is 0.0965. The summed E-state index contributed by atoms with van der Waals surface area (Å²) in [5.74, 6) is 1.36. The molecular formula is C17H20O3. The number of hydrogen-bond donors (Lipinski definition) is 1. The zero-order chi connectivity index (χ0) is 14.5. The van der Waals surface area contributed by atoms with Crippen LogP contribution < -0.4 is 9.47 Å². The van der Waals surface area contributed by atoms with Gasteiger partial charge in [0.2, 0.25) is 0 Å². The zero-order valence-corrected chi connectivity index (χ0v) is 12.0. The third-order valence-corrected chi connectivity index (χ3v) is 3.24. The highest BCUT2D eigenvalue weighted by Crippen LogP contribution is 2.32. The van der Waals surface area contributed by atoms with Crippen molar-refractivity contribution in [2.24, 2.45) is 0 Å². The molecule has 20 heavy (non-hydrogen) atoms. The van der Waals surface area contributed by atoms with Gasteiger partial charge in [0.05, 0.1) is 13.2 Å². The van der Waals surface area contributed by atoms with Crippen LogP contribution in [0, 0.1) is 0 Å². The molecule has 2 aromatic carbocycles. The van der Waals surface area contributed by atoms with Crippen molar-refractivity contribution in [1.29, 1.82) is 0 Å². The van der Waals surface area contributed by atoms with Crippen LogP contribution in [-0.2, 0) is 0 Å². The van der Waals surface area contributed by atoms with Gasteiger partial charge in [0.1, 0.15) is 17.6 Å². The van der Waals surface area contributed by atoms with E-state index in [1.54, 1.807) is 14.0 Å². The average molecular weight is 272 g/mol. The monoisotopic (exact) mass is 272 g/mol. The van der Waals surface area contributed by atoms with Crippen LogP contribution in [-0.4, -0.2) is 12.2 Å². The molecule has 0 heterocycles. The van der Waals surface area contributed by atoms with Gasteiger partial charge < -0.3 is 14.6 Å². The van der Waals surface area contributed by atoms with Gasteiger partial charge in [-0.25, -0.2) is 0 Å². The molecule has 0 amide bonds. The molecule has 0 aliphatic rings. The Balaban J connectivity index is 2.27. The lowest BCUT2D eigenvalue weighted by atomic mass is 10.1. The van der Waals surface area contributed by atoms with Crippen molar-refractivity contribution in [2.45, 2.75) is 26.1 Å². The summed E-state index contributed by atoms with van der Waals surface area (Å²) in [6.45, 7) is 3.71. The van der Waals surface area contributed by atoms with E-state index in [0.29, 0.717) is 11.5 Å². The van der Waals surface area contributed by atoms with Crippen LogP contribution in [0.4, 0.5) is 0 Å². The predicted molar refractivity (Wildman–Crippen MR) is 79.1 cm³/mol. The Hall–Kier alpha value is -2.00. The molecule has 2 aromatic rings. The first-order valence-electron chi connectivity index (χ1n) is 6.69. The van der Waals surface area contributed by atoms with Crippen molar-refractivity contribution in [3.05, 3.63) is 59.7 Å². The summed E-state index contributed by atoms with van der Waals surface area (Å²) in [6.07, 6.45) is -0.681. The SMILES string of the molecule is COc1ccc(C(C)O)c(OC(C)c2ccccc2)c1. The van der Waals surface area contributed by atoms with Gasteiger partial charge >= 0.3 is 0 Å². The molecule has 0 aliphatic carbocycles. The molecule has 106 valence electrons. The lowest BCUT2D eigenvalue weighted by Gasteiger charge is -2.19. The highest BCUT2D eigenvalue weighted by atomic mass is 16.5. The molecular weight excluding hydrogens is 252 g/mol. The largest absolute Gasteiger partial charge is 0.497 e. The number of aliphatic hydroxyl groups excluding tert-OH is 1. The average Bonchev–Trinajstić information content (AvgIpc) is 2.47. The first-order valence-corrected chi connectivity index (χ1v) is 6.69. The highest BCUT2D eigenvalue weighted by molar-refractivity contribution is 5.42. The maximum atomic E-state index is 9.83. The van der Waals surface area contributed by atoms with Crippen molar-refractivity contribution in [1.82, 2.24) is 0 Å². The van der Waals surface area contributed by atoms with Gasteiger partial charge in [-0.3, -0.25) is 0 Å². The fourth-order valence-corrected chi connectivity index (χ4v) is 2.07. The molecule has 0 saturated heterocycles. The molecule has 3 nitrogen and oxygen atoms in total. The van der Waals surface area contributed by atoms with E-state index in [2.05, 4.69) is 0 Å². The Morgan fingerprint density at radius 3 is 2.30 bits per heavy atom. The fourth-order valence-electron chi connectivity index (χ4n) is 2.07. The van der Waals surface area contributed by atoms with E-state index in [1.165, 1.54) is 0 Å². The molecule has 3 heteroatoms. The Labute approximate surface area is 119 Å². The molecule has 2 unspecified atom stereocenters.